The first kappa shape index (κ1) is 15.3. The minimum atomic E-state index is 0.104. The number of carbonyl (C=O) groups is 1. The second-order valence-electron chi connectivity index (χ2n) is 6.79. The van der Waals surface area contributed by atoms with Crippen LogP contribution < -0.4 is 5.32 Å². The number of fused-ring (bicyclic) bond motifs is 1. The van der Waals surface area contributed by atoms with Gasteiger partial charge in [-0.3, -0.25) is 0 Å². The summed E-state index contributed by atoms with van der Waals surface area (Å²) in [5.41, 5.74) is 2.32. The van der Waals surface area contributed by atoms with Gasteiger partial charge in [0.05, 0.1) is 0 Å². The van der Waals surface area contributed by atoms with E-state index in [-0.39, 0.29) is 6.03 Å². The molecule has 0 radical (unpaired) electrons. The Morgan fingerprint density at radius 2 is 2.04 bits per heavy atom. The summed E-state index contributed by atoms with van der Waals surface area (Å²) >= 11 is 0. The van der Waals surface area contributed by atoms with Gasteiger partial charge in [0.2, 0.25) is 0 Å². The maximum atomic E-state index is 11.8. The van der Waals surface area contributed by atoms with Crippen LogP contribution in [0.2, 0.25) is 0 Å². The van der Waals surface area contributed by atoms with Gasteiger partial charge in [-0.25, -0.2) is 4.79 Å². The highest BCUT2D eigenvalue weighted by Gasteiger charge is 2.30. The van der Waals surface area contributed by atoms with Crippen molar-refractivity contribution in [3.05, 3.63) is 30.0 Å². The molecule has 6 nitrogen and oxygen atoms in total. The van der Waals surface area contributed by atoms with Gasteiger partial charge >= 0.3 is 6.03 Å². The minimum absolute atomic E-state index is 0.104. The molecule has 1 aromatic heterocycles. The molecule has 0 atom stereocenters. The molecule has 2 aliphatic heterocycles. The number of likely N-dealkylation sites (tertiary alicyclic amines) is 1. The normalized spacial score (nSPS) is 20.0. The molecule has 0 unspecified atom stereocenters. The van der Waals surface area contributed by atoms with Crippen LogP contribution in [0.4, 0.5) is 4.79 Å². The summed E-state index contributed by atoms with van der Waals surface area (Å²) in [6, 6.07) is 5.96. The molecule has 0 spiro atoms. The van der Waals surface area contributed by atoms with Crippen LogP contribution >= 0.6 is 0 Å². The fourth-order valence-corrected chi connectivity index (χ4v) is 3.94. The van der Waals surface area contributed by atoms with Crippen LogP contribution in [0, 0.1) is 0 Å². The lowest BCUT2D eigenvalue weighted by Crippen LogP contribution is -2.46. The Hall–Kier alpha value is -2.21. The van der Waals surface area contributed by atoms with Gasteiger partial charge in [0.25, 0.3) is 0 Å². The third-order valence-corrected chi connectivity index (χ3v) is 5.34. The monoisotopic (exact) mass is 328 g/mol. The zero-order valence-corrected chi connectivity index (χ0v) is 13.8. The Kier molecular flexibility index (Phi) is 4.06. The van der Waals surface area contributed by atoms with E-state index in [1.54, 1.807) is 6.07 Å². The van der Waals surface area contributed by atoms with Crippen molar-refractivity contribution in [3.8, 4) is 5.75 Å². The van der Waals surface area contributed by atoms with E-state index < -0.39 is 0 Å². The molecule has 1 aromatic carbocycles. The first-order valence-electron chi connectivity index (χ1n) is 8.76. The van der Waals surface area contributed by atoms with Crippen LogP contribution in [-0.2, 0) is 6.42 Å². The molecule has 3 N–H and O–H groups in total. The average molecular weight is 328 g/mol. The number of hydrogen-bond acceptors (Lipinski definition) is 3. The van der Waals surface area contributed by atoms with E-state index in [1.165, 1.54) is 5.56 Å². The topological polar surface area (TPSA) is 71.6 Å². The molecular formula is C18H24N4O2. The predicted octanol–water partition coefficient (Wildman–Crippen LogP) is 1.91. The fraction of sp³-hybridized carbons (Fsp3) is 0.500. The molecule has 2 saturated heterocycles. The molecule has 2 amide bonds. The third kappa shape index (κ3) is 2.94. The van der Waals surface area contributed by atoms with Crippen molar-refractivity contribution in [3.63, 3.8) is 0 Å². The van der Waals surface area contributed by atoms with Crippen molar-refractivity contribution in [2.24, 2.45) is 0 Å². The number of rotatable bonds is 4. The van der Waals surface area contributed by atoms with Gasteiger partial charge in [-0.1, -0.05) is 0 Å². The predicted molar refractivity (Wildman–Crippen MR) is 93.2 cm³/mol. The first-order valence-corrected chi connectivity index (χ1v) is 8.76. The number of aromatic amines is 1. The Morgan fingerprint density at radius 3 is 2.79 bits per heavy atom. The van der Waals surface area contributed by atoms with Crippen LogP contribution in [0.5, 0.6) is 5.75 Å². The molecule has 4 rings (SSSR count). The summed E-state index contributed by atoms with van der Waals surface area (Å²) in [7, 11) is 0. The van der Waals surface area contributed by atoms with E-state index in [2.05, 4.69) is 15.2 Å². The SMILES string of the molecule is O=C1NCCN1C1CCN(CCc2c[nH]c3ccc(O)cc23)CC1. The fourth-order valence-electron chi connectivity index (χ4n) is 3.94. The van der Waals surface area contributed by atoms with Gasteiger partial charge in [-0.15, -0.1) is 0 Å². The van der Waals surface area contributed by atoms with Crippen LogP contribution in [-0.4, -0.2) is 64.7 Å². The number of aromatic nitrogens is 1. The van der Waals surface area contributed by atoms with E-state index in [4.69, 9.17) is 0 Å². The second kappa shape index (κ2) is 6.36. The van der Waals surface area contributed by atoms with Crippen molar-refractivity contribution in [2.45, 2.75) is 25.3 Å². The largest absolute Gasteiger partial charge is 0.508 e. The maximum absolute atomic E-state index is 11.8. The van der Waals surface area contributed by atoms with Gasteiger partial charge in [0.15, 0.2) is 0 Å². The van der Waals surface area contributed by atoms with E-state index >= 15 is 0 Å². The summed E-state index contributed by atoms with van der Waals surface area (Å²) in [5.74, 6) is 0.313. The smallest absolute Gasteiger partial charge is 0.317 e. The summed E-state index contributed by atoms with van der Waals surface area (Å²) < 4.78 is 0. The van der Waals surface area contributed by atoms with Crippen LogP contribution in [0.25, 0.3) is 10.9 Å². The van der Waals surface area contributed by atoms with Crippen molar-refractivity contribution in [1.29, 1.82) is 0 Å². The van der Waals surface area contributed by atoms with E-state index in [1.807, 2.05) is 23.2 Å². The highest BCUT2D eigenvalue weighted by molar-refractivity contribution is 5.84. The molecule has 0 aliphatic carbocycles. The lowest BCUT2D eigenvalue weighted by molar-refractivity contribution is 0.137. The van der Waals surface area contributed by atoms with Crippen LogP contribution in [0.1, 0.15) is 18.4 Å². The number of nitrogens with zero attached hydrogens (tertiary/aromatic N) is 2. The Labute approximate surface area is 141 Å². The van der Waals surface area contributed by atoms with E-state index in [0.29, 0.717) is 11.8 Å². The number of hydrogen-bond donors (Lipinski definition) is 3. The molecular weight excluding hydrogens is 304 g/mol. The van der Waals surface area contributed by atoms with E-state index in [0.717, 1.165) is 62.9 Å². The standard InChI is InChI=1S/C18H24N4O2/c23-15-1-2-17-16(11-15)13(12-20-17)3-7-21-8-4-14(5-9-21)22-10-6-19-18(22)24/h1-2,11-12,14,20,23H,3-10H2,(H,19,24). The van der Waals surface area contributed by atoms with Crippen LogP contribution in [0.15, 0.2) is 24.4 Å². The molecule has 6 heteroatoms. The number of urea groups is 1. The van der Waals surface area contributed by atoms with Crippen LogP contribution in [0.3, 0.4) is 0 Å². The number of carbonyl (C=O) groups excluding carboxylic acids is 1. The molecule has 3 heterocycles. The van der Waals surface area contributed by atoms with E-state index in [9.17, 15) is 9.90 Å². The number of phenols is 1. The number of aromatic hydroxyl groups is 1. The molecule has 0 bridgehead atoms. The summed E-state index contributed by atoms with van der Waals surface area (Å²) in [6.45, 7) is 4.74. The number of phenolic OH excluding ortho intramolecular Hbond substituents is 1. The molecule has 2 fully saturated rings. The Morgan fingerprint density at radius 1 is 1.21 bits per heavy atom. The van der Waals surface area contributed by atoms with Gasteiger partial charge in [-0.2, -0.15) is 0 Å². The van der Waals surface area contributed by atoms with Gasteiger partial charge < -0.3 is 25.2 Å². The second-order valence-corrected chi connectivity index (χ2v) is 6.79. The average Bonchev–Trinajstić information content (AvgIpc) is 3.19. The lowest BCUT2D eigenvalue weighted by Gasteiger charge is -2.36. The molecule has 0 saturated carbocycles. The quantitative estimate of drug-likeness (QED) is 0.803. The molecule has 2 aliphatic rings. The first-order chi connectivity index (χ1) is 11.7. The number of piperidine rings is 1. The minimum Gasteiger partial charge on any atom is -0.508 e. The number of benzene rings is 1. The number of H-pyrrole nitrogens is 1. The summed E-state index contributed by atoms with van der Waals surface area (Å²) in [6.07, 6.45) is 5.13. The van der Waals surface area contributed by atoms with Crippen molar-refractivity contribution in [2.75, 3.05) is 32.7 Å². The van der Waals surface area contributed by atoms with Crippen molar-refractivity contribution < 1.29 is 9.90 Å². The summed E-state index contributed by atoms with van der Waals surface area (Å²) in [4.78, 5) is 19.5. The number of amides is 2. The molecule has 24 heavy (non-hydrogen) atoms. The van der Waals surface area contributed by atoms with Gasteiger partial charge in [-0.05, 0) is 43.0 Å². The lowest BCUT2D eigenvalue weighted by atomic mass is 10.0. The Bertz CT molecular complexity index is 734. The molecule has 128 valence electrons. The van der Waals surface area contributed by atoms with Crippen molar-refractivity contribution >= 4 is 16.9 Å². The zero-order chi connectivity index (χ0) is 16.5. The third-order valence-electron chi connectivity index (χ3n) is 5.34. The van der Waals surface area contributed by atoms with Gasteiger partial charge in [0.1, 0.15) is 5.75 Å². The zero-order valence-electron chi connectivity index (χ0n) is 13.8. The maximum Gasteiger partial charge on any atom is 0.317 e. The number of nitrogens with one attached hydrogen (secondary N) is 2. The van der Waals surface area contributed by atoms with Crippen molar-refractivity contribution in [1.82, 2.24) is 20.1 Å². The Balaban J connectivity index is 1.32. The van der Waals surface area contributed by atoms with Gasteiger partial charge in [0, 0.05) is 55.9 Å². The molecule has 2 aromatic rings. The highest BCUT2D eigenvalue weighted by atomic mass is 16.3. The highest BCUT2D eigenvalue weighted by Crippen LogP contribution is 2.24. The summed E-state index contributed by atoms with van der Waals surface area (Å²) in [5, 5.41) is 13.7.